The van der Waals surface area contributed by atoms with E-state index in [0.29, 0.717) is 23.7 Å². The molecule has 0 bridgehead atoms. The van der Waals surface area contributed by atoms with E-state index in [1.807, 2.05) is 6.92 Å². The van der Waals surface area contributed by atoms with Crippen LogP contribution in [0.25, 0.3) is 11.0 Å². The first-order chi connectivity index (χ1) is 17.9. The molecule has 0 amide bonds. The second-order valence-electron chi connectivity index (χ2n) is 8.24. The summed E-state index contributed by atoms with van der Waals surface area (Å²) in [6.07, 6.45) is 0.810. The lowest BCUT2D eigenvalue weighted by Gasteiger charge is -2.10. The van der Waals surface area contributed by atoms with E-state index in [-0.39, 0.29) is 40.1 Å². The molecule has 0 saturated heterocycles. The van der Waals surface area contributed by atoms with Gasteiger partial charge in [-0.15, -0.1) is 0 Å². The molecule has 37 heavy (non-hydrogen) atoms. The predicted molar refractivity (Wildman–Crippen MR) is 137 cm³/mol. The zero-order valence-electron chi connectivity index (χ0n) is 20.7. The van der Waals surface area contributed by atoms with Gasteiger partial charge >= 0.3 is 11.9 Å². The van der Waals surface area contributed by atoms with Gasteiger partial charge in [0.2, 0.25) is 11.2 Å². The Balaban J connectivity index is 1.48. The van der Waals surface area contributed by atoms with Crippen LogP contribution in [-0.2, 0) is 16.0 Å². The fraction of sp³-hybridized carbons (Fsp3) is 0.207. The molecule has 8 heteroatoms. The summed E-state index contributed by atoms with van der Waals surface area (Å²) in [6, 6.07) is 18.0. The topological polar surface area (TPSA) is 101 Å². The molecular formula is C29H26O8. The zero-order valence-corrected chi connectivity index (χ0v) is 20.7. The van der Waals surface area contributed by atoms with E-state index in [2.05, 4.69) is 0 Å². The van der Waals surface area contributed by atoms with Gasteiger partial charge in [-0.3, -0.25) is 9.59 Å². The number of aryl methyl sites for hydroxylation is 1. The summed E-state index contributed by atoms with van der Waals surface area (Å²) in [5, 5.41) is 0.273. The van der Waals surface area contributed by atoms with Crippen LogP contribution >= 0.6 is 0 Å². The van der Waals surface area contributed by atoms with Crippen molar-refractivity contribution in [3.8, 4) is 23.0 Å². The second-order valence-corrected chi connectivity index (χ2v) is 8.24. The number of esters is 2. The van der Waals surface area contributed by atoms with Crippen LogP contribution in [0.1, 0.15) is 35.0 Å². The van der Waals surface area contributed by atoms with Gasteiger partial charge in [0, 0.05) is 6.07 Å². The number of hydrogen-bond donors (Lipinski definition) is 0. The van der Waals surface area contributed by atoms with E-state index in [1.54, 1.807) is 62.6 Å². The number of fused-ring (bicyclic) bond motifs is 1. The van der Waals surface area contributed by atoms with E-state index in [1.165, 1.54) is 18.2 Å². The molecule has 0 N–H and O–H groups in total. The molecule has 0 unspecified atom stereocenters. The Morgan fingerprint density at radius 2 is 1.57 bits per heavy atom. The van der Waals surface area contributed by atoms with Crippen LogP contribution in [0.2, 0.25) is 0 Å². The molecule has 0 atom stereocenters. The summed E-state index contributed by atoms with van der Waals surface area (Å²) in [6.45, 7) is 3.87. The van der Waals surface area contributed by atoms with Crippen molar-refractivity contribution in [3.05, 3.63) is 93.8 Å². The fourth-order valence-electron chi connectivity index (χ4n) is 3.58. The lowest BCUT2D eigenvalue weighted by molar-refractivity contribution is -0.133. The summed E-state index contributed by atoms with van der Waals surface area (Å²) in [4.78, 5) is 37.5. The van der Waals surface area contributed by atoms with Crippen LogP contribution in [0.5, 0.6) is 23.0 Å². The number of benzene rings is 3. The van der Waals surface area contributed by atoms with E-state index < -0.39 is 11.9 Å². The summed E-state index contributed by atoms with van der Waals surface area (Å²) < 4.78 is 27.3. The number of carbonyl (C=O) groups excluding carboxylic acids is 2. The molecule has 0 radical (unpaired) electrons. The Morgan fingerprint density at radius 3 is 2.24 bits per heavy atom. The van der Waals surface area contributed by atoms with Crippen LogP contribution in [0, 0.1) is 6.92 Å². The molecule has 0 spiro atoms. The average Bonchev–Trinajstić information content (AvgIpc) is 2.90. The van der Waals surface area contributed by atoms with Gasteiger partial charge in [0.05, 0.1) is 31.1 Å². The van der Waals surface area contributed by atoms with E-state index in [0.717, 1.165) is 12.0 Å². The van der Waals surface area contributed by atoms with Gasteiger partial charge in [-0.1, -0.05) is 19.1 Å². The number of carbonyl (C=O) groups is 2. The van der Waals surface area contributed by atoms with E-state index in [9.17, 15) is 14.4 Å². The van der Waals surface area contributed by atoms with Crippen molar-refractivity contribution in [2.45, 2.75) is 26.7 Å². The summed E-state index contributed by atoms with van der Waals surface area (Å²) >= 11 is 0. The quantitative estimate of drug-likeness (QED) is 0.215. The molecule has 4 rings (SSSR count). The highest BCUT2D eigenvalue weighted by atomic mass is 16.5. The van der Waals surface area contributed by atoms with Gasteiger partial charge in [0.15, 0.2) is 0 Å². The monoisotopic (exact) mass is 502 g/mol. The van der Waals surface area contributed by atoms with Crippen LogP contribution in [0.4, 0.5) is 0 Å². The Morgan fingerprint density at radius 1 is 0.892 bits per heavy atom. The highest BCUT2D eigenvalue weighted by Gasteiger charge is 2.16. The van der Waals surface area contributed by atoms with E-state index in [4.69, 9.17) is 23.4 Å². The molecule has 4 aromatic rings. The van der Waals surface area contributed by atoms with Crippen molar-refractivity contribution in [3.63, 3.8) is 0 Å². The largest absolute Gasteiger partial charge is 0.497 e. The fourth-order valence-corrected chi connectivity index (χ4v) is 3.58. The van der Waals surface area contributed by atoms with Crippen LogP contribution < -0.4 is 19.6 Å². The predicted octanol–water partition coefficient (Wildman–Crippen LogP) is 5.62. The Hall–Kier alpha value is -4.59. The van der Waals surface area contributed by atoms with Crippen molar-refractivity contribution < 1.29 is 33.0 Å². The summed E-state index contributed by atoms with van der Waals surface area (Å²) in [5.74, 6) is 0.729. The molecular weight excluding hydrogens is 476 g/mol. The third kappa shape index (κ3) is 6.16. The van der Waals surface area contributed by atoms with Gasteiger partial charge in [0.1, 0.15) is 28.6 Å². The van der Waals surface area contributed by atoms with Crippen molar-refractivity contribution in [1.29, 1.82) is 0 Å². The van der Waals surface area contributed by atoms with Crippen molar-refractivity contribution >= 4 is 22.9 Å². The molecule has 8 nitrogen and oxygen atoms in total. The first-order valence-electron chi connectivity index (χ1n) is 11.7. The average molecular weight is 503 g/mol. The third-order valence-electron chi connectivity index (χ3n) is 5.47. The molecule has 0 aliphatic rings. The lowest BCUT2D eigenvalue weighted by atomic mass is 10.1. The normalized spacial score (nSPS) is 10.7. The molecule has 190 valence electrons. The van der Waals surface area contributed by atoms with Crippen molar-refractivity contribution in [2.75, 3.05) is 13.7 Å². The minimum Gasteiger partial charge on any atom is -0.497 e. The minimum absolute atomic E-state index is 0.0260. The van der Waals surface area contributed by atoms with Crippen LogP contribution in [0.15, 0.2) is 75.9 Å². The van der Waals surface area contributed by atoms with Crippen molar-refractivity contribution in [1.82, 2.24) is 0 Å². The Kier molecular flexibility index (Phi) is 7.88. The van der Waals surface area contributed by atoms with Crippen LogP contribution in [0.3, 0.4) is 0 Å². The smallest absolute Gasteiger partial charge is 0.338 e. The maximum absolute atomic E-state index is 13.1. The molecule has 3 aromatic carbocycles. The zero-order chi connectivity index (χ0) is 26.4. The molecule has 0 aliphatic heterocycles. The van der Waals surface area contributed by atoms with Gasteiger partial charge < -0.3 is 23.4 Å². The maximum atomic E-state index is 13.1. The van der Waals surface area contributed by atoms with Gasteiger partial charge in [0.25, 0.3) is 0 Å². The molecule has 0 fully saturated rings. The molecule has 1 aromatic heterocycles. The van der Waals surface area contributed by atoms with Gasteiger partial charge in [-0.2, -0.15) is 0 Å². The maximum Gasteiger partial charge on any atom is 0.338 e. The SMILES string of the molecule is CCCOC(=O)c1ccc(Oc2c(C)oc3cc(OC(=O)Cc4ccc(OC)cc4)ccc3c2=O)cc1. The molecule has 0 aliphatic carbocycles. The third-order valence-corrected chi connectivity index (χ3v) is 5.47. The lowest BCUT2D eigenvalue weighted by Crippen LogP contribution is -2.12. The van der Waals surface area contributed by atoms with Crippen molar-refractivity contribution in [2.24, 2.45) is 0 Å². The molecule has 1 heterocycles. The molecule has 0 saturated carbocycles. The van der Waals surface area contributed by atoms with E-state index >= 15 is 0 Å². The Labute approximate surface area is 213 Å². The standard InChI is InChI=1S/C29H26O8/c1-4-15-34-29(32)20-7-11-22(12-8-20)37-28-18(2)35-25-17-23(13-14-24(25)27(28)31)36-26(30)16-19-5-9-21(33-3)10-6-19/h5-14,17H,4,15-16H2,1-3H3. The number of ether oxygens (including phenoxy) is 4. The van der Waals surface area contributed by atoms with Gasteiger partial charge in [-0.05, 0) is 67.4 Å². The Bertz CT molecular complexity index is 1470. The second kappa shape index (κ2) is 11.4. The number of methoxy groups -OCH3 is 1. The number of rotatable bonds is 9. The summed E-state index contributed by atoms with van der Waals surface area (Å²) in [7, 11) is 1.57. The minimum atomic E-state index is -0.453. The first-order valence-corrected chi connectivity index (χ1v) is 11.7. The van der Waals surface area contributed by atoms with Crippen LogP contribution in [-0.4, -0.2) is 25.7 Å². The number of hydrogen-bond acceptors (Lipinski definition) is 8. The highest BCUT2D eigenvalue weighted by molar-refractivity contribution is 5.89. The van der Waals surface area contributed by atoms with Gasteiger partial charge in [-0.25, -0.2) is 4.79 Å². The summed E-state index contributed by atoms with van der Waals surface area (Å²) in [5.41, 5.74) is 1.05. The first kappa shape index (κ1) is 25.5. The highest BCUT2D eigenvalue weighted by Crippen LogP contribution is 2.28.